The first-order chi connectivity index (χ1) is 8.74. The van der Waals surface area contributed by atoms with Crippen molar-refractivity contribution < 1.29 is 9.53 Å². The normalized spacial score (nSPS) is 10.0. The number of rotatable bonds is 4. The van der Waals surface area contributed by atoms with E-state index in [0.29, 0.717) is 5.57 Å². The van der Waals surface area contributed by atoms with E-state index in [1.165, 1.54) is 5.37 Å². The van der Waals surface area contributed by atoms with E-state index in [0.717, 1.165) is 16.3 Å². The smallest absolute Gasteiger partial charge is 0.338 e. The third-order valence-corrected chi connectivity index (χ3v) is 2.78. The summed E-state index contributed by atoms with van der Waals surface area (Å²) in [6.07, 6.45) is 0. The molecular weight excluding hydrogens is 244 g/mol. The molecule has 18 heavy (non-hydrogen) atoms. The van der Waals surface area contributed by atoms with Crippen LogP contribution < -0.4 is 0 Å². The third kappa shape index (κ3) is 2.46. The molecule has 0 aliphatic rings. The minimum atomic E-state index is -0.438. The number of hydrogen-bond donors (Lipinski definition) is 0. The molecule has 2 aromatic rings. The lowest BCUT2D eigenvalue weighted by atomic mass is 9.99. The van der Waals surface area contributed by atoms with Gasteiger partial charge in [0.05, 0.1) is 5.57 Å². The molecule has 2 aromatic carbocycles. The lowest BCUT2D eigenvalue weighted by Crippen LogP contribution is -2.07. The number of carbonyl (C=O) groups is 1. The average Bonchev–Trinajstić information content (AvgIpc) is 2.43. The Hall–Kier alpha value is -2.00. The zero-order valence-electron chi connectivity index (χ0n) is 9.76. The zero-order chi connectivity index (χ0) is 13.0. The Bertz CT molecular complexity index is 611. The Kier molecular flexibility index (Phi) is 3.85. The highest BCUT2D eigenvalue weighted by molar-refractivity contribution is 7.79. The number of carbonyl (C=O) groups excluding carboxylic acids is 1. The van der Waals surface area contributed by atoms with E-state index in [9.17, 15) is 4.79 Å². The molecule has 0 radical (unpaired) electrons. The molecule has 0 unspecified atom stereocenters. The van der Waals surface area contributed by atoms with Gasteiger partial charge in [-0.15, -0.1) is 0 Å². The van der Waals surface area contributed by atoms with E-state index in [1.807, 2.05) is 42.5 Å². The van der Waals surface area contributed by atoms with Crippen molar-refractivity contribution in [3.63, 3.8) is 0 Å². The van der Waals surface area contributed by atoms with Crippen LogP contribution >= 0.6 is 12.2 Å². The monoisotopic (exact) mass is 256 g/mol. The molecule has 0 saturated carbocycles. The molecule has 0 fully saturated rings. The zero-order valence-corrected chi connectivity index (χ0v) is 10.6. The van der Waals surface area contributed by atoms with Crippen molar-refractivity contribution in [1.29, 1.82) is 0 Å². The third-order valence-electron chi connectivity index (χ3n) is 2.64. The second kappa shape index (κ2) is 5.56. The lowest BCUT2D eigenvalue weighted by molar-refractivity contribution is -0.134. The number of fused-ring (bicyclic) bond motifs is 1. The topological polar surface area (TPSA) is 26.3 Å². The molecule has 0 spiro atoms. The highest BCUT2D eigenvalue weighted by Gasteiger charge is 2.12. The Balaban J connectivity index is 2.39. The summed E-state index contributed by atoms with van der Waals surface area (Å²) in [4.78, 5) is 11.8. The summed E-state index contributed by atoms with van der Waals surface area (Å²) in [5, 5.41) is 3.43. The summed E-state index contributed by atoms with van der Waals surface area (Å²) >= 11 is 4.62. The Labute approximate surface area is 111 Å². The van der Waals surface area contributed by atoms with Crippen LogP contribution in [0.2, 0.25) is 0 Å². The maximum absolute atomic E-state index is 11.8. The second-order valence-corrected chi connectivity index (χ2v) is 4.10. The second-order valence-electron chi connectivity index (χ2n) is 3.77. The van der Waals surface area contributed by atoms with Crippen LogP contribution in [-0.4, -0.2) is 17.9 Å². The molecule has 0 amide bonds. The number of benzene rings is 2. The van der Waals surface area contributed by atoms with E-state index < -0.39 is 5.97 Å². The summed E-state index contributed by atoms with van der Waals surface area (Å²) in [7, 11) is 0. The van der Waals surface area contributed by atoms with Gasteiger partial charge in [0.1, 0.15) is 6.61 Å². The molecule has 3 heteroatoms. The quantitative estimate of drug-likeness (QED) is 0.476. The molecule has 0 N–H and O–H groups in total. The van der Waals surface area contributed by atoms with Crippen LogP contribution in [-0.2, 0) is 9.53 Å². The largest absolute Gasteiger partial charge is 0.457 e. The molecule has 0 heterocycles. The summed E-state index contributed by atoms with van der Waals surface area (Å²) in [5.74, 6) is -0.438. The van der Waals surface area contributed by atoms with E-state index in [2.05, 4.69) is 18.8 Å². The van der Waals surface area contributed by atoms with Crippen molar-refractivity contribution in [1.82, 2.24) is 0 Å². The number of hydrogen-bond acceptors (Lipinski definition) is 3. The fourth-order valence-corrected chi connectivity index (χ4v) is 1.86. The van der Waals surface area contributed by atoms with E-state index >= 15 is 0 Å². The number of ether oxygens (including phenoxy) is 1. The maximum Gasteiger partial charge on any atom is 0.338 e. The van der Waals surface area contributed by atoms with Gasteiger partial charge in [0, 0.05) is 5.37 Å². The molecule has 2 rings (SSSR count). The van der Waals surface area contributed by atoms with Gasteiger partial charge in [0.25, 0.3) is 0 Å². The van der Waals surface area contributed by atoms with Crippen molar-refractivity contribution in [3.05, 3.63) is 54.6 Å². The molecular formula is C15H12O2S. The fourth-order valence-electron chi connectivity index (χ4n) is 1.80. The minimum absolute atomic E-state index is 0.123. The first kappa shape index (κ1) is 12.5. The molecule has 0 aromatic heterocycles. The predicted octanol–water partition coefficient (Wildman–Crippen LogP) is 3.40. The van der Waals surface area contributed by atoms with E-state index in [-0.39, 0.29) is 6.61 Å². The molecule has 0 saturated heterocycles. The first-order valence-corrected chi connectivity index (χ1v) is 5.99. The molecule has 90 valence electrons. The van der Waals surface area contributed by atoms with Crippen molar-refractivity contribution in [2.24, 2.45) is 0 Å². The molecule has 0 bridgehead atoms. The van der Waals surface area contributed by atoms with Crippen LogP contribution in [0.3, 0.4) is 0 Å². The maximum atomic E-state index is 11.8. The van der Waals surface area contributed by atoms with Crippen LogP contribution in [0.15, 0.2) is 49.0 Å². The minimum Gasteiger partial charge on any atom is -0.457 e. The Morgan fingerprint density at radius 2 is 1.94 bits per heavy atom. The van der Waals surface area contributed by atoms with E-state index in [4.69, 9.17) is 4.74 Å². The van der Waals surface area contributed by atoms with Gasteiger partial charge in [0.2, 0.25) is 0 Å². The van der Waals surface area contributed by atoms with Crippen LogP contribution in [0.1, 0.15) is 5.56 Å². The summed E-state index contributed by atoms with van der Waals surface area (Å²) < 4.78 is 4.96. The van der Waals surface area contributed by atoms with Crippen LogP contribution in [0.5, 0.6) is 0 Å². The molecule has 0 aliphatic carbocycles. The molecule has 2 nitrogen and oxygen atoms in total. The van der Waals surface area contributed by atoms with Gasteiger partial charge in [0.15, 0.2) is 0 Å². The van der Waals surface area contributed by atoms with Crippen molar-refractivity contribution >= 4 is 39.9 Å². The van der Waals surface area contributed by atoms with Gasteiger partial charge < -0.3 is 4.74 Å². The van der Waals surface area contributed by atoms with Crippen LogP contribution in [0.4, 0.5) is 0 Å². The number of thiocarbonyl (C=S) groups is 1. The van der Waals surface area contributed by atoms with Gasteiger partial charge in [-0.25, -0.2) is 4.79 Å². The Morgan fingerprint density at radius 3 is 2.72 bits per heavy atom. The van der Waals surface area contributed by atoms with Gasteiger partial charge in [-0.3, -0.25) is 0 Å². The molecule has 0 atom stereocenters. The fraction of sp³-hybridized carbons (Fsp3) is 0.0667. The van der Waals surface area contributed by atoms with Crippen LogP contribution in [0, 0.1) is 0 Å². The van der Waals surface area contributed by atoms with Crippen LogP contribution in [0.25, 0.3) is 16.3 Å². The predicted molar refractivity (Wildman–Crippen MR) is 77.6 cm³/mol. The SMILES string of the molecule is C=C(C(=O)OCC=S)c1cccc2ccccc12. The first-order valence-electron chi connectivity index (χ1n) is 5.52. The van der Waals surface area contributed by atoms with Gasteiger partial charge in [-0.05, 0) is 16.3 Å². The lowest BCUT2D eigenvalue weighted by Gasteiger charge is -2.08. The number of esters is 1. The highest BCUT2D eigenvalue weighted by Crippen LogP contribution is 2.24. The van der Waals surface area contributed by atoms with Gasteiger partial charge >= 0.3 is 5.97 Å². The Morgan fingerprint density at radius 1 is 1.22 bits per heavy atom. The van der Waals surface area contributed by atoms with Gasteiger partial charge in [-0.2, -0.15) is 0 Å². The van der Waals surface area contributed by atoms with Gasteiger partial charge in [-0.1, -0.05) is 61.3 Å². The van der Waals surface area contributed by atoms with Crippen molar-refractivity contribution in [2.45, 2.75) is 0 Å². The summed E-state index contributed by atoms with van der Waals surface area (Å²) in [6, 6.07) is 13.6. The summed E-state index contributed by atoms with van der Waals surface area (Å²) in [5.41, 5.74) is 1.14. The van der Waals surface area contributed by atoms with Crippen molar-refractivity contribution in [3.8, 4) is 0 Å². The van der Waals surface area contributed by atoms with E-state index in [1.54, 1.807) is 0 Å². The summed E-state index contributed by atoms with van der Waals surface area (Å²) in [6.45, 7) is 3.93. The van der Waals surface area contributed by atoms with Crippen molar-refractivity contribution in [2.75, 3.05) is 6.61 Å². The standard InChI is InChI=1S/C15H12O2S/c1-11(15(16)17-9-10-18)13-8-4-6-12-5-2-3-7-14(12)13/h2-8,10H,1,9H2. The highest BCUT2D eigenvalue weighted by atomic mass is 32.1. The average molecular weight is 256 g/mol. The molecule has 0 aliphatic heterocycles.